The normalized spacial score (nSPS) is 9.94. The molecule has 0 aliphatic rings. The molecule has 0 heterocycles. The van der Waals surface area contributed by atoms with E-state index in [1.165, 1.54) is 0 Å². The van der Waals surface area contributed by atoms with E-state index in [1.54, 1.807) is 0 Å². The average molecular weight is 314 g/mol. The van der Waals surface area contributed by atoms with Crippen LogP contribution in [0.3, 0.4) is 0 Å². The summed E-state index contributed by atoms with van der Waals surface area (Å²) in [5.41, 5.74) is 6.91. The van der Waals surface area contributed by atoms with Crippen LogP contribution in [0.2, 0.25) is 0 Å². The summed E-state index contributed by atoms with van der Waals surface area (Å²) in [6.07, 6.45) is 0.225. The van der Waals surface area contributed by atoms with E-state index in [4.69, 9.17) is 5.73 Å². The number of hydrogen-bond donors (Lipinski definition) is 3. The Morgan fingerprint density at radius 2 is 2.06 bits per heavy atom. The predicted octanol–water partition coefficient (Wildman–Crippen LogP) is 1.16. The maximum absolute atomic E-state index is 11.6. The first kappa shape index (κ1) is 14.7. The Labute approximate surface area is 114 Å². The third kappa shape index (κ3) is 4.85. The minimum Gasteiger partial charge on any atom is -0.347 e. The zero-order chi connectivity index (χ0) is 13.5. The van der Waals surface area contributed by atoms with Crippen molar-refractivity contribution >= 4 is 33.4 Å². The van der Waals surface area contributed by atoms with Gasteiger partial charge >= 0.3 is 0 Å². The summed E-state index contributed by atoms with van der Waals surface area (Å²) in [6, 6.07) is 5.61. The van der Waals surface area contributed by atoms with Crippen LogP contribution in [0.4, 0.5) is 5.69 Å². The minimum absolute atomic E-state index is 0.0508. The number of aryl methyl sites for hydroxylation is 1. The molecule has 0 unspecified atom stereocenters. The molecular weight excluding hydrogens is 298 g/mol. The van der Waals surface area contributed by atoms with Crippen molar-refractivity contribution in [2.75, 3.05) is 18.4 Å². The van der Waals surface area contributed by atoms with Crippen molar-refractivity contribution in [3.8, 4) is 0 Å². The van der Waals surface area contributed by atoms with Gasteiger partial charge in [-0.1, -0.05) is 22.0 Å². The van der Waals surface area contributed by atoms with E-state index in [2.05, 4.69) is 26.6 Å². The second kappa shape index (κ2) is 7.13. The van der Waals surface area contributed by atoms with Gasteiger partial charge in [-0.2, -0.15) is 0 Å². The van der Waals surface area contributed by atoms with E-state index in [9.17, 15) is 9.59 Å². The number of hydrogen-bond acceptors (Lipinski definition) is 3. The molecule has 98 valence electrons. The van der Waals surface area contributed by atoms with Crippen LogP contribution in [0.1, 0.15) is 12.0 Å². The SMILES string of the molecule is Cc1ccc(Br)cc1NC(=O)CNC(=O)CCN. The molecule has 0 spiro atoms. The number of carbonyl (C=O) groups is 2. The molecule has 0 atom stereocenters. The van der Waals surface area contributed by atoms with Crippen molar-refractivity contribution in [1.29, 1.82) is 0 Å². The van der Waals surface area contributed by atoms with Gasteiger partial charge in [-0.15, -0.1) is 0 Å². The second-order valence-corrected chi connectivity index (χ2v) is 4.74. The molecule has 0 fully saturated rings. The first-order valence-corrected chi connectivity index (χ1v) is 6.35. The Kier molecular flexibility index (Phi) is 5.80. The molecule has 18 heavy (non-hydrogen) atoms. The van der Waals surface area contributed by atoms with E-state index < -0.39 is 0 Å². The van der Waals surface area contributed by atoms with Gasteiger partial charge in [0, 0.05) is 23.1 Å². The van der Waals surface area contributed by atoms with Gasteiger partial charge in [0.25, 0.3) is 0 Å². The van der Waals surface area contributed by atoms with Crippen LogP contribution in [0, 0.1) is 6.92 Å². The molecule has 4 N–H and O–H groups in total. The van der Waals surface area contributed by atoms with Gasteiger partial charge < -0.3 is 16.4 Å². The summed E-state index contributed by atoms with van der Waals surface area (Å²) in [5, 5.41) is 5.23. The first-order chi connectivity index (χ1) is 8.52. The van der Waals surface area contributed by atoms with Crippen LogP contribution >= 0.6 is 15.9 Å². The molecule has 5 nitrogen and oxygen atoms in total. The number of rotatable bonds is 5. The molecule has 0 aliphatic carbocycles. The maximum atomic E-state index is 11.6. The minimum atomic E-state index is -0.262. The van der Waals surface area contributed by atoms with E-state index >= 15 is 0 Å². The highest BCUT2D eigenvalue weighted by molar-refractivity contribution is 9.10. The van der Waals surface area contributed by atoms with E-state index in [1.807, 2.05) is 25.1 Å². The van der Waals surface area contributed by atoms with Crippen LogP contribution < -0.4 is 16.4 Å². The fraction of sp³-hybridized carbons (Fsp3) is 0.333. The Hall–Kier alpha value is -1.40. The Balaban J connectivity index is 2.49. The lowest BCUT2D eigenvalue weighted by Crippen LogP contribution is -2.33. The molecule has 0 saturated carbocycles. The predicted molar refractivity (Wildman–Crippen MR) is 74.2 cm³/mol. The van der Waals surface area contributed by atoms with Crippen LogP contribution in [-0.2, 0) is 9.59 Å². The average Bonchev–Trinajstić information content (AvgIpc) is 2.32. The molecule has 1 rings (SSSR count). The Bertz CT molecular complexity index is 449. The van der Waals surface area contributed by atoms with Crippen LogP contribution in [0.25, 0.3) is 0 Å². The maximum Gasteiger partial charge on any atom is 0.243 e. The quantitative estimate of drug-likeness (QED) is 0.762. The third-order valence-corrected chi connectivity index (χ3v) is 2.78. The molecule has 1 aromatic rings. The lowest BCUT2D eigenvalue weighted by molar-refractivity contribution is -0.124. The van der Waals surface area contributed by atoms with Crippen molar-refractivity contribution in [1.82, 2.24) is 5.32 Å². The van der Waals surface area contributed by atoms with E-state index in [0.717, 1.165) is 15.7 Å². The highest BCUT2D eigenvalue weighted by Crippen LogP contribution is 2.20. The summed E-state index contributed by atoms with van der Waals surface area (Å²) < 4.78 is 0.885. The number of nitrogens with two attached hydrogens (primary N) is 1. The third-order valence-electron chi connectivity index (χ3n) is 2.29. The number of nitrogens with one attached hydrogen (secondary N) is 2. The second-order valence-electron chi connectivity index (χ2n) is 3.82. The summed E-state index contributed by atoms with van der Waals surface area (Å²) in [6.45, 7) is 2.12. The van der Waals surface area contributed by atoms with Gasteiger partial charge in [-0.05, 0) is 24.6 Å². The van der Waals surface area contributed by atoms with E-state index in [0.29, 0.717) is 0 Å². The summed E-state index contributed by atoms with van der Waals surface area (Å²) in [7, 11) is 0. The topological polar surface area (TPSA) is 84.2 Å². The van der Waals surface area contributed by atoms with Crippen molar-refractivity contribution < 1.29 is 9.59 Å². The highest BCUT2D eigenvalue weighted by Gasteiger charge is 2.07. The largest absolute Gasteiger partial charge is 0.347 e. The lowest BCUT2D eigenvalue weighted by Gasteiger charge is -2.09. The number of benzene rings is 1. The van der Waals surface area contributed by atoms with Crippen LogP contribution in [0.5, 0.6) is 0 Å². The van der Waals surface area contributed by atoms with E-state index in [-0.39, 0.29) is 31.3 Å². The molecule has 0 aromatic heterocycles. The van der Waals surface area contributed by atoms with Crippen LogP contribution in [0.15, 0.2) is 22.7 Å². The summed E-state index contributed by atoms with van der Waals surface area (Å²) >= 11 is 3.33. The molecule has 0 radical (unpaired) electrons. The molecular formula is C12H16BrN3O2. The standard InChI is InChI=1S/C12H16BrN3O2/c1-8-2-3-9(13)6-10(8)16-12(18)7-15-11(17)4-5-14/h2-3,6H,4-5,7,14H2,1H3,(H,15,17)(H,16,18). The molecule has 0 aliphatic heterocycles. The monoisotopic (exact) mass is 313 g/mol. The van der Waals surface area contributed by atoms with Crippen molar-refractivity contribution in [2.45, 2.75) is 13.3 Å². The highest BCUT2D eigenvalue weighted by atomic mass is 79.9. The number of carbonyl (C=O) groups excluding carboxylic acids is 2. The lowest BCUT2D eigenvalue weighted by atomic mass is 10.2. The van der Waals surface area contributed by atoms with Gasteiger partial charge in [-0.3, -0.25) is 9.59 Å². The molecule has 2 amide bonds. The van der Waals surface area contributed by atoms with Gasteiger partial charge in [0.1, 0.15) is 0 Å². The molecule has 0 saturated heterocycles. The van der Waals surface area contributed by atoms with Crippen molar-refractivity contribution in [3.05, 3.63) is 28.2 Å². The zero-order valence-corrected chi connectivity index (χ0v) is 11.7. The Morgan fingerprint density at radius 1 is 1.33 bits per heavy atom. The summed E-state index contributed by atoms with van der Waals surface area (Å²) in [5.74, 6) is -0.486. The molecule has 0 bridgehead atoms. The molecule has 6 heteroatoms. The number of halogens is 1. The summed E-state index contributed by atoms with van der Waals surface area (Å²) in [4.78, 5) is 22.8. The van der Waals surface area contributed by atoms with Gasteiger partial charge in [0.2, 0.25) is 11.8 Å². The van der Waals surface area contributed by atoms with Crippen molar-refractivity contribution in [3.63, 3.8) is 0 Å². The first-order valence-electron chi connectivity index (χ1n) is 5.55. The fourth-order valence-corrected chi connectivity index (χ4v) is 1.68. The number of amides is 2. The van der Waals surface area contributed by atoms with Gasteiger partial charge in [0.05, 0.1) is 6.54 Å². The molecule has 1 aromatic carbocycles. The van der Waals surface area contributed by atoms with Crippen molar-refractivity contribution in [2.24, 2.45) is 5.73 Å². The Morgan fingerprint density at radius 3 is 2.72 bits per heavy atom. The smallest absolute Gasteiger partial charge is 0.243 e. The van der Waals surface area contributed by atoms with Crippen LogP contribution in [-0.4, -0.2) is 24.9 Å². The fourth-order valence-electron chi connectivity index (χ4n) is 1.32. The zero-order valence-electron chi connectivity index (χ0n) is 10.1. The van der Waals surface area contributed by atoms with Gasteiger partial charge in [-0.25, -0.2) is 0 Å². The number of anilines is 1. The van der Waals surface area contributed by atoms with Gasteiger partial charge in [0.15, 0.2) is 0 Å².